The Balaban J connectivity index is 2.08. The zero-order valence-corrected chi connectivity index (χ0v) is 12.2. The molecule has 1 unspecified atom stereocenters. The Morgan fingerprint density at radius 2 is 2.19 bits per heavy atom. The third-order valence-corrected chi connectivity index (χ3v) is 3.33. The number of anilines is 1. The van der Waals surface area contributed by atoms with Gasteiger partial charge in [0.1, 0.15) is 0 Å². The van der Waals surface area contributed by atoms with E-state index < -0.39 is 11.9 Å². The lowest BCUT2D eigenvalue weighted by Gasteiger charge is -2.20. The molecular weight excluding hydrogens is 272 g/mol. The average Bonchev–Trinajstić information content (AvgIpc) is 2.87. The van der Waals surface area contributed by atoms with Crippen molar-refractivity contribution in [2.75, 3.05) is 18.9 Å². The Morgan fingerprint density at radius 3 is 2.86 bits per heavy atom. The van der Waals surface area contributed by atoms with E-state index in [0.29, 0.717) is 5.69 Å². The summed E-state index contributed by atoms with van der Waals surface area (Å²) in [6.45, 7) is 3.64. The van der Waals surface area contributed by atoms with E-state index in [1.165, 1.54) is 4.90 Å². The van der Waals surface area contributed by atoms with E-state index in [2.05, 4.69) is 15.5 Å². The summed E-state index contributed by atoms with van der Waals surface area (Å²) in [6, 6.07) is 3.30. The van der Waals surface area contributed by atoms with Gasteiger partial charge in [-0.1, -0.05) is 6.92 Å². The topological polar surface area (TPSA) is 98.3 Å². The Hall–Kier alpha value is -2.57. The molecule has 0 radical (unpaired) electrons. The first-order valence-corrected chi connectivity index (χ1v) is 6.57. The number of aliphatic carboxylic acids is 1. The minimum absolute atomic E-state index is 0.145. The van der Waals surface area contributed by atoms with Gasteiger partial charge in [-0.05, 0) is 24.6 Å². The Labute approximate surface area is 121 Å². The third-order valence-electron chi connectivity index (χ3n) is 3.33. The number of rotatable bonds is 4. The van der Waals surface area contributed by atoms with Crippen LogP contribution in [0.15, 0.2) is 18.3 Å². The van der Waals surface area contributed by atoms with Gasteiger partial charge in [-0.25, -0.2) is 4.79 Å². The normalized spacial score (nSPS) is 12.1. The minimum atomic E-state index is -0.927. The van der Waals surface area contributed by atoms with Crippen LogP contribution in [-0.4, -0.2) is 45.8 Å². The Bertz CT molecular complexity index is 680. The number of nitrogens with zero attached hydrogens (tertiary/aromatic N) is 2. The van der Waals surface area contributed by atoms with Gasteiger partial charge in [0.2, 0.25) is 0 Å². The van der Waals surface area contributed by atoms with E-state index in [4.69, 9.17) is 5.11 Å². The summed E-state index contributed by atoms with van der Waals surface area (Å²) in [5.41, 5.74) is 2.48. The second kappa shape index (κ2) is 5.82. The molecule has 1 aromatic carbocycles. The van der Waals surface area contributed by atoms with E-state index >= 15 is 0 Å². The first-order chi connectivity index (χ1) is 9.88. The molecule has 2 rings (SSSR count). The number of hydrogen-bond acceptors (Lipinski definition) is 3. The molecule has 0 aliphatic rings. The van der Waals surface area contributed by atoms with Crippen molar-refractivity contribution in [1.29, 1.82) is 0 Å². The van der Waals surface area contributed by atoms with Crippen LogP contribution in [-0.2, 0) is 4.79 Å². The van der Waals surface area contributed by atoms with Gasteiger partial charge in [-0.3, -0.25) is 9.89 Å². The van der Waals surface area contributed by atoms with E-state index in [1.807, 2.05) is 13.0 Å². The molecule has 3 N–H and O–H groups in total. The van der Waals surface area contributed by atoms with Gasteiger partial charge in [0.15, 0.2) is 0 Å². The van der Waals surface area contributed by atoms with Gasteiger partial charge in [0, 0.05) is 24.7 Å². The second-order valence-electron chi connectivity index (χ2n) is 5.17. The summed E-state index contributed by atoms with van der Waals surface area (Å²) in [5, 5.41) is 19.4. The van der Waals surface area contributed by atoms with Crippen LogP contribution in [0.25, 0.3) is 10.9 Å². The van der Waals surface area contributed by atoms with Crippen LogP contribution in [0.4, 0.5) is 10.5 Å². The van der Waals surface area contributed by atoms with Crippen LogP contribution in [0.5, 0.6) is 0 Å². The van der Waals surface area contributed by atoms with E-state index in [9.17, 15) is 9.59 Å². The van der Waals surface area contributed by atoms with Crippen LogP contribution in [0.1, 0.15) is 12.5 Å². The van der Waals surface area contributed by atoms with Crippen molar-refractivity contribution < 1.29 is 14.7 Å². The van der Waals surface area contributed by atoms with Gasteiger partial charge < -0.3 is 15.3 Å². The number of fused-ring (bicyclic) bond motifs is 1. The molecule has 2 aromatic rings. The number of carbonyl (C=O) groups excluding carboxylic acids is 1. The van der Waals surface area contributed by atoms with Crippen molar-refractivity contribution >= 4 is 28.6 Å². The molecule has 0 spiro atoms. The Kier molecular flexibility index (Phi) is 4.11. The zero-order valence-electron chi connectivity index (χ0n) is 12.2. The van der Waals surface area contributed by atoms with Crippen LogP contribution in [0, 0.1) is 12.8 Å². The lowest BCUT2D eigenvalue weighted by atomic mass is 10.1. The SMILES string of the molecule is Cc1cc(NC(=O)N(C)CC(C)C(=O)O)cc2[nH]ncc12. The lowest BCUT2D eigenvalue weighted by Crippen LogP contribution is -2.36. The van der Waals surface area contributed by atoms with Gasteiger partial charge in [0.05, 0.1) is 17.6 Å². The minimum Gasteiger partial charge on any atom is -0.481 e. The van der Waals surface area contributed by atoms with Crippen LogP contribution in [0.3, 0.4) is 0 Å². The maximum atomic E-state index is 12.1. The molecule has 0 aliphatic heterocycles. The van der Waals surface area contributed by atoms with Crippen molar-refractivity contribution in [2.45, 2.75) is 13.8 Å². The molecule has 1 atom stereocenters. The first-order valence-electron chi connectivity index (χ1n) is 6.57. The fourth-order valence-corrected chi connectivity index (χ4v) is 2.09. The Morgan fingerprint density at radius 1 is 1.48 bits per heavy atom. The molecule has 0 saturated carbocycles. The average molecular weight is 290 g/mol. The fourth-order valence-electron chi connectivity index (χ4n) is 2.09. The highest BCUT2D eigenvalue weighted by molar-refractivity contribution is 5.93. The smallest absolute Gasteiger partial charge is 0.321 e. The van der Waals surface area contributed by atoms with Gasteiger partial charge in [0.25, 0.3) is 0 Å². The molecule has 2 amide bonds. The van der Waals surface area contributed by atoms with Crippen LogP contribution >= 0.6 is 0 Å². The number of aromatic nitrogens is 2. The monoisotopic (exact) mass is 290 g/mol. The number of aromatic amines is 1. The van der Waals surface area contributed by atoms with E-state index in [0.717, 1.165) is 16.5 Å². The molecular formula is C14H18N4O3. The lowest BCUT2D eigenvalue weighted by molar-refractivity contribution is -0.141. The van der Waals surface area contributed by atoms with Gasteiger partial charge in [-0.2, -0.15) is 5.10 Å². The number of hydrogen-bond donors (Lipinski definition) is 3. The van der Waals surface area contributed by atoms with Gasteiger partial charge >= 0.3 is 12.0 Å². The number of benzene rings is 1. The molecule has 0 saturated heterocycles. The predicted octanol–water partition coefficient (Wildman–Crippen LogP) is 2.06. The van der Waals surface area contributed by atoms with E-state index in [-0.39, 0.29) is 12.6 Å². The summed E-state index contributed by atoms with van der Waals surface area (Å²) < 4.78 is 0. The van der Waals surface area contributed by atoms with Crippen LogP contribution in [0.2, 0.25) is 0 Å². The quantitative estimate of drug-likeness (QED) is 0.802. The summed E-state index contributed by atoms with van der Waals surface area (Å²) in [7, 11) is 1.57. The largest absolute Gasteiger partial charge is 0.481 e. The second-order valence-corrected chi connectivity index (χ2v) is 5.17. The molecule has 7 nitrogen and oxygen atoms in total. The summed E-state index contributed by atoms with van der Waals surface area (Å²) in [5.74, 6) is -1.54. The number of H-pyrrole nitrogens is 1. The van der Waals surface area contributed by atoms with E-state index in [1.54, 1.807) is 26.2 Å². The predicted molar refractivity (Wildman–Crippen MR) is 79.3 cm³/mol. The highest BCUT2D eigenvalue weighted by atomic mass is 16.4. The molecule has 7 heteroatoms. The maximum absolute atomic E-state index is 12.1. The first kappa shape index (κ1) is 14.8. The number of carboxylic acids is 1. The number of carboxylic acid groups (broad SMARTS) is 1. The van der Waals surface area contributed by atoms with Crippen LogP contribution < -0.4 is 5.32 Å². The highest BCUT2D eigenvalue weighted by Crippen LogP contribution is 2.21. The number of urea groups is 1. The van der Waals surface area contributed by atoms with Crippen molar-refractivity contribution in [3.63, 3.8) is 0 Å². The molecule has 21 heavy (non-hydrogen) atoms. The summed E-state index contributed by atoms with van der Waals surface area (Å²) in [6.07, 6.45) is 1.73. The third kappa shape index (κ3) is 3.31. The summed E-state index contributed by atoms with van der Waals surface area (Å²) in [4.78, 5) is 24.2. The number of nitrogens with one attached hydrogen (secondary N) is 2. The molecule has 1 heterocycles. The van der Waals surface area contributed by atoms with Crippen molar-refractivity contribution in [3.8, 4) is 0 Å². The van der Waals surface area contributed by atoms with Gasteiger partial charge in [-0.15, -0.1) is 0 Å². The molecule has 0 fully saturated rings. The molecule has 112 valence electrons. The number of aryl methyl sites for hydroxylation is 1. The molecule has 0 aliphatic carbocycles. The maximum Gasteiger partial charge on any atom is 0.321 e. The number of amides is 2. The fraction of sp³-hybridized carbons (Fsp3) is 0.357. The molecule has 0 bridgehead atoms. The molecule has 1 aromatic heterocycles. The van der Waals surface area contributed by atoms with Crippen molar-refractivity contribution in [2.24, 2.45) is 5.92 Å². The number of carbonyl (C=O) groups is 2. The van der Waals surface area contributed by atoms with Crippen molar-refractivity contribution in [3.05, 3.63) is 23.9 Å². The highest BCUT2D eigenvalue weighted by Gasteiger charge is 2.17. The van der Waals surface area contributed by atoms with Crippen molar-refractivity contribution in [1.82, 2.24) is 15.1 Å². The summed E-state index contributed by atoms with van der Waals surface area (Å²) >= 11 is 0. The zero-order chi connectivity index (χ0) is 15.6. The standard InChI is InChI=1S/C14H18N4O3/c1-8-4-10(5-12-11(8)6-15-17-12)16-14(21)18(3)7-9(2)13(19)20/h4-6,9H,7H2,1-3H3,(H,15,17)(H,16,21)(H,19,20).